The van der Waals surface area contributed by atoms with E-state index in [-0.39, 0.29) is 11.5 Å². The number of ether oxygens (including phenoxy) is 1. The van der Waals surface area contributed by atoms with Crippen molar-refractivity contribution < 1.29 is 23.0 Å². The van der Waals surface area contributed by atoms with Crippen molar-refractivity contribution in [2.24, 2.45) is 0 Å². The summed E-state index contributed by atoms with van der Waals surface area (Å²) in [6.45, 7) is 2.80. The Kier molecular flexibility index (Phi) is 6.26. The number of rotatable bonds is 7. The Morgan fingerprint density at radius 1 is 1.03 bits per heavy atom. The Hall–Kier alpha value is -3.22. The van der Waals surface area contributed by atoms with Crippen LogP contribution < -0.4 is 9.64 Å². The van der Waals surface area contributed by atoms with Crippen molar-refractivity contribution in [2.45, 2.75) is 26.3 Å². The van der Waals surface area contributed by atoms with Crippen molar-refractivity contribution in [3.63, 3.8) is 0 Å². The van der Waals surface area contributed by atoms with Crippen molar-refractivity contribution in [3.8, 4) is 11.5 Å². The number of aryl methyl sites for hydroxylation is 1. The molecule has 0 unspecified atom stereocenters. The fraction of sp³-hybridized carbons (Fsp3) is 0.227. The minimum absolute atomic E-state index is 0.213. The van der Waals surface area contributed by atoms with Crippen LogP contribution >= 0.6 is 0 Å². The molecule has 3 aromatic rings. The molecule has 4 nitrogen and oxygen atoms in total. The Balaban J connectivity index is 1.81. The number of aromatic nitrogens is 1. The van der Waals surface area contributed by atoms with Gasteiger partial charge in [-0.15, -0.1) is 13.2 Å². The zero-order valence-corrected chi connectivity index (χ0v) is 15.9. The van der Waals surface area contributed by atoms with Crippen LogP contribution in [-0.2, 0) is 13.0 Å². The maximum absolute atomic E-state index is 12.5. The molecular weight excluding hydrogens is 381 g/mol. The molecule has 0 saturated carbocycles. The number of anilines is 1. The van der Waals surface area contributed by atoms with Gasteiger partial charge in [0.2, 0.25) is 0 Å². The number of phenolic OH excluding ortho intramolecular Hbond substituents is 1. The van der Waals surface area contributed by atoms with Gasteiger partial charge >= 0.3 is 6.36 Å². The Morgan fingerprint density at radius 2 is 1.83 bits per heavy atom. The van der Waals surface area contributed by atoms with E-state index in [9.17, 15) is 18.3 Å². The Labute approximate surface area is 167 Å². The van der Waals surface area contributed by atoms with Gasteiger partial charge in [0.1, 0.15) is 17.3 Å². The highest BCUT2D eigenvalue weighted by Gasteiger charge is 2.31. The minimum Gasteiger partial charge on any atom is -0.508 e. The van der Waals surface area contributed by atoms with Gasteiger partial charge < -0.3 is 14.7 Å². The van der Waals surface area contributed by atoms with E-state index < -0.39 is 6.36 Å². The van der Waals surface area contributed by atoms with E-state index in [0.29, 0.717) is 30.9 Å². The monoisotopic (exact) mass is 402 g/mol. The van der Waals surface area contributed by atoms with Crippen LogP contribution in [0.25, 0.3) is 0 Å². The first kappa shape index (κ1) is 20.5. The van der Waals surface area contributed by atoms with Crippen LogP contribution in [0.5, 0.6) is 11.5 Å². The molecule has 29 heavy (non-hydrogen) atoms. The quantitative estimate of drug-likeness (QED) is 0.587. The number of hydrogen-bond acceptors (Lipinski definition) is 4. The SMILES string of the molecule is Cc1ccc(N(CCc2ccccc2O)Cc2cccc(OC(F)(F)F)c2)nc1. The van der Waals surface area contributed by atoms with E-state index >= 15 is 0 Å². The third-order valence-corrected chi connectivity index (χ3v) is 4.37. The zero-order valence-electron chi connectivity index (χ0n) is 15.9. The first-order chi connectivity index (χ1) is 13.8. The third kappa shape index (κ3) is 6.14. The molecule has 0 atom stereocenters. The highest BCUT2D eigenvalue weighted by Crippen LogP contribution is 2.25. The molecule has 0 spiro atoms. The lowest BCUT2D eigenvalue weighted by atomic mass is 10.1. The summed E-state index contributed by atoms with van der Waals surface area (Å²) in [6, 6.07) is 16.8. The lowest BCUT2D eigenvalue weighted by Crippen LogP contribution is -2.26. The predicted molar refractivity (Wildman–Crippen MR) is 105 cm³/mol. The molecule has 2 aromatic carbocycles. The maximum Gasteiger partial charge on any atom is 0.573 e. The van der Waals surface area contributed by atoms with Gasteiger partial charge in [0.05, 0.1) is 0 Å². The average molecular weight is 402 g/mol. The van der Waals surface area contributed by atoms with Crippen molar-refractivity contribution >= 4 is 5.82 Å². The second kappa shape index (κ2) is 8.86. The minimum atomic E-state index is -4.73. The van der Waals surface area contributed by atoms with E-state index in [2.05, 4.69) is 9.72 Å². The van der Waals surface area contributed by atoms with Gasteiger partial charge in [-0.2, -0.15) is 0 Å². The van der Waals surface area contributed by atoms with Crippen LogP contribution in [0.2, 0.25) is 0 Å². The van der Waals surface area contributed by atoms with Gasteiger partial charge in [0, 0.05) is 19.3 Å². The molecule has 0 aliphatic carbocycles. The molecule has 7 heteroatoms. The van der Waals surface area contributed by atoms with Gasteiger partial charge in [0.25, 0.3) is 0 Å². The van der Waals surface area contributed by atoms with Crippen LogP contribution in [0.15, 0.2) is 66.9 Å². The van der Waals surface area contributed by atoms with Crippen LogP contribution in [-0.4, -0.2) is 23.0 Å². The number of alkyl halides is 3. The summed E-state index contributed by atoms with van der Waals surface area (Å²) >= 11 is 0. The largest absolute Gasteiger partial charge is 0.573 e. The second-order valence-electron chi connectivity index (χ2n) is 6.69. The highest BCUT2D eigenvalue weighted by molar-refractivity contribution is 5.42. The van der Waals surface area contributed by atoms with Crippen molar-refractivity contribution in [1.82, 2.24) is 4.98 Å². The van der Waals surface area contributed by atoms with E-state index in [0.717, 1.165) is 11.1 Å². The summed E-state index contributed by atoms with van der Waals surface area (Å²) in [6.07, 6.45) is -2.44. The average Bonchev–Trinajstić information content (AvgIpc) is 2.66. The smallest absolute Gasteiger partial charge is 0.508 e. The maximum atomic E-state index is 12.5. The van der Waals surface area contributed by atoms with E-state index in [1.165, 1.54) is 18.2 Å². The number of hydrogen-bond donors (Lipinski definition) is 1. The fourth-order valence-electron chi connectivity index (χ4n) is 2.96. The molecule has 1 aromatic heterocycles. The van der Waals surface area contributed by atoms with E-state index in [1.807, 2.05) is 36.1 Å². The lowest BCUT2D eigenvalue weighted by Gasteiger charge is -2.24. The number of pyridine rings is 1. The zero-order chi connectivity index (χ0) is 20.9. The molecule has 0 bridgehead atoms. The van der Waals surface area contributed by atoms with Gasteiger partial charge in [-0.1, -0.05) is 36.4 Å². The molecular formula is C22H21F3N2O2. The van der Waals surface area contributed by atoms with Crippen molar-refractivity contribution in [1.29, 1.82) is 0 Å². The van der Waals surface area contributed by atoms with Gasteiger partial charge in [0.15, 0.2) is 0 Å². The summed E-state index contributed by atoms with van der Waals surface area (Å²) in [7, 11) is 0. The van der Waals surface area contributed by atoms with Crippen molar-refractivity contribution in [2.75, 3.05) is 11.4 Å². The molecule has 0 aliphatic heterocycles. The number of aromatic hydroxyl groups is 1. The number of para-hydroxylation sites is 1. The number of halogens is 3. The molecule has 0 fully saturated rings. The number of nitrogens with zero attached hydrogens (tertiary/aromatic N) is 2. The summed E-state index contributed by atoms with van der Waals surface area (Å²) in [4.78, 5) is 6.40. The van der Waals surface area contributed by atoms with Crippen molar-refractivity contribution in [3.05, 3.63) is 83.6 Å². The van der Waals surface area contributed by atoms with Crippen LogP contribution in [0.3, 0.4) is 0 Å². The molecule has 0 aliphatic rings. The van der Waals surface area contributed by atoms with Gasteiger partial charge in [-0.05, 0) is 54.3 Å². The number of benzene rings is 2. The van der Waals surface area contributed by atoms with Crippen LogP contribution in [0, 0.1) is 6.92 Å². The summed E-state index contributed by atoms with van der Waals surface area (Å²) in [5.41, 5.74) is 2.46. The highest BCUT2D eigenvalue weighted by atomic mass is 19.4. The van der Waals surface area contributed by atoms with Gasteiger partial charge in [-0.3, -0.25) is 0 Å². The normalized spacial score (nSPS) is 11.3. The van der Waals surface area contributed by atoms with Gasteiger partial charge in [-0.25, -0.2) is 4.98 Å². The predicted octanol–water partition coefficient (Wildman–Crippen LogP) is 5.24. The molecule has 0 amide bonds. The molecule has 0 radical (unpaired) electrons. The molecule has 0 saturated heterocycles. The second-order valence-corrected chi connectivity index (χ2v) is 6.69. The molecule has 1 heterocycles. The number of phenols is 1. The summed E-state index contributed by atoms with van der Waals surface area (Å²) in [5.74, 6) is 0.658. The molecule has 3 rings (SSSR count). The topological polar surface area (TPSA) is 45.6 Å². The summed E-state index contributed by atoms with van der Waals surface area (Å²) < 4.78 is 41.6. The standard InChI is InChI=1S/C22H21F3N2O2/c1-16-9-10-21(26-14-16)27(12-11-18-6-2-3-8-20(18)28)15-17-5-4-7-19(13-17)29-22(23,24)25/h2-10,13-14,28H,11-12,15H2,1H3. The molecule has 152 valence electrons. The Bertz CT molecular complexity index is 943. The summed E-state index contributed by atoms with van der Waals surface area (Å²) in [5, 5.41) is 10.0. The lowest BCUT2D eigenvalue weighted by molar-refractivity contribution is -0.274. The Morgan fingerprint density at radius 3 is 2.52 bits per heavy atom. The molecule has 1 N–H and O–H groups in total. The van der Waals surface area contributed by atoms with Crippen LogP contribution in [0.1, 0.15) is 16.7 Å². The fourth-order valence-corrected chi connectivity index (χ4v) is 2.96. The third-order valence-electron chi connectivity index (χ3n) is 4.37. The first-order valence-corrected chi connectivity index (χ1v) is 9.09. The van der Waals surface area contributed by atoms with Crippen LogP contribution in [0.4, 0.5) is 19.0 Å². The first-order valence-electron chi connectivity index (χ1n) is 9.09. The van der Waals surface area contributed by atoms with E-state index in [1.54, 1.807) is 24.4 Å². The van der Waals surface area contributed by atoms with E-state index in [4.69, 9.17) is 0 Å².